The zero-order valence-corrected chi connectivity index (χ0v) is 12.0. The van der Waals surface area contributed by atoms with E-state index in [1.165, 1.54) is 12.1 Å². The van der Waals surface area contributed by atoms with Gasteiger partial charge in [0, 0.05) is 5.56 Å². The number of ketones is 1. The van der Waals surface area contributed by atoms with Gasteiger partial charge in [-0.3, -0.25) is 4.79 Å². The van der Waals surface area contributed by atoms with Gasteiger partial charge in [-0.15, -0.1) is 18.3 Å². The molecule has 4 nitrogen and oxygen atoms in total. The first kappa shape index (κ1) is 15.4. The van der Waals surface area contributed by atoms with Gasteiger partial charge in [0.05, 0.1) is 5.69 Å². The summed E-state index contributed by atoms with van der Waals surface area (Å²) >= 11 is 0.926. The Balaban J connectivity index is 2.31. The first-order chi connectivity index (χ1) is 9.78. The first-order valence-electron chi connectivity index (χ1n) is 6.00. The minimum Gasteiger partial charge on any atom is -0.406 e. The van der Waals surface area contributed by atoms with Crippen LogP contribution in [-0.4, -0.2) is 21.7 Å². The van der Waals surface area contributed by atoms with Crippen molar-refractivity contribution in [1.82, 2.24) is 9.59 Å². The molecule has 2 rings (SSSR count). The fraction of sp³-hybridized carbons (Fsp3) is 0.308. The summed E-state index contributed by atoms with van der Waals surface area (Å²) < 4.78 is 44.1. The summed E-state index contributed by atoms with van der Waals surface area (Å²) in [6.07, 6.45) is -4.79. The fourth-order valence-corrected chi connectivity index (χ4v) is 2.48. The monoisotopic (exact) mass is 316 g/mol. The van der Waals surface area contributed by atoms with Crippen molar-refractivity contribution in [2.45, 2.75) is 26.1 Å². The third-order valence-corrected chi connectivity index (χ3v) is 3.34. The summed E-state index contributed by atoms with van der Waals surface area (Å²) in [5.74, 6) is -0.851. The Labute approximate surface area is 122 Å². The predicted molar refractivity (Wildman–Crippen MR) is 70.6 cm³/mol. The number of carbonyl (C=O) groups is 1. The molecule has 0 saturated carbocycles. The molecule has 1 aromatic carbocycles. The van der Waals surface area contributed by atoms with E-state index in [1.54, 1.807) is 0 Å². The molecule has 0 radical (unpaired) electrons. The molecular weight excluding hydrogens is 305 g/mol. The number of rotatable bonds is 4. The van der Waals surface area contributed by atoms with Crippen LogP contribution in [0.4, 0.5) is 13.2 Å². The largest absolute Gasteiger partial charge is 0.573 e. The van der Waals surface area contributed by atoms with Crippen molar-refractivity contribution in [2.24, 2.45) is 0 Å². The van der Waals surface area contributed by atoms with Crippen molar-refractivity contribution in [3.05, 3.63) is 40.4 Å². The third-order valence-electron chi connectivity index (χ3n) is 2.60. The Hall–Kier alpha value is -1.96. The molecule has 21 heavy (non-hydrogen) atoms. The van der Waals surface area contributed by atoms with Crippen LogP contribution >= 0.6 is 11.5 Å². The van der Waals surface area contributed by atoms with Gasteiger partial charge in [-0.2, -0.15) is 0 Å². The van der Waals surface area contributed by atoms with Crippen LogP contribution in [0.15, 0.2) is 24.3 Å². The molecule has 2 aromatic rings. The molecule has 0 atom stereocenters. The number of carbonyl (C=O) groups excluding carboxylic acids is 1. The van der Waals surface area contributed by atoms with Gasteiger partial charge in [-0.25, -0.2) is 0 Å². The van der Waals surface area contributed by atoms with Crippen LogP contribution < -0.4 is 4.74 Å². The number of alkyl halides is 3. The number of nitrogens with zero attached hydrogens (tertiary/aromatic N) is 2. The van der Waals surface area contributed by atoms with E-state index in [0.717, 1.165) is 23.7 Å². The van der Waals surface area contributed by atoms with Gasteiger partial charge < -0.3 is 4.74 Å². The topological polar surface area (TPSA) is 52.1 Å². The highest BCUT2D eigenvalue weighted by atomic mass is 32.1. The second kappa shape index (κ2) is 5.80. The Morgan fingerprint density at radius 2 is 2.05 bits per heavy atom. The van der Waals surface area contributed by atoms with Crippen LogP contribution in [-0.2, 0) is 0 Å². The highest BCUT2D eigenvalue weighted by molar-refractivity contribution is 7.08. The maximum Gasteiger partial charge on any atom is 0.573 e. The average molecular weight is 316 g/mol. The van der Waals surface area contributed by atoms with Crippen molar-refractivity contribution in [1.29, 1.82) is 0 Å². The van der Waals surface area contributed by atoms with Crippen LogP contribution in [0.2, 0.25) is 0 Å². The number of ether oxygens (including phenoxy) is 1. The molecule has 0 bridgehead atoms. The van der Waals surface area contributed by atoms with E-state index in [0.29, 0.717) is 10.6 Å². The quantitative estimate of drug-likeness (QED) is 0.805. The Bertz CT molecular complexity index is 653. The molecule has 0 aliphatic rings. The Kier molecular flexibility index (Phi) is 4.26. The maximum atomic E-state index is 12.3. The second-order valence-electron chi connectivity index (χ2n) is 4.55. The SMILES string of the molecule is CC(C)c1nnsc1C(=O)c1cccc(OC(F)(F)F)c1. The van der Waals surface area contributed by atoms with Crippen molar-refractivity contribution in [3.63, 3.8) is 0 Å². The van der Waals surface area contributed by atoms with Crippen molar-refractivity contribution < 1.29 is 22.7 Å². The van der Waals surface area contributed by atoms with Crippen molar-refractivity contribution in [3.8, 4) is 5.75 Å². The van der Waals surface area contributed by atoms with Crippen molar-refractivity contribution in [2.75, 3.05) is 0 Å². The molecule has 0 unspecified atom stereocenters. The van der Waals surface area contributed by atoms with Gasteiger partial charge in [0.2, 0.25) is 5.78 Å². The van der Waals surface area contributed by atoms with E-state index in [1.807, 2.05) is 13.8 Å². The normalized spacial score (nSPS) is 11.7. The molecule has 112 valence electrons. The summed E-state index contributed by atoms with van der Waals surface area (Å²) in [7, 11) is 0. The zero-order chi connectivity index (χ0) is 15.6. The molecule has 8 heteroatoms. The summed E-state index contributed by atoms with van der Waals surface area (Å²) in [5, 5.41) is 3.88. The molecule has 1 aromatic heterocycles. The number of halogens is 3. The van der Waals surface area contributed by atoms with Gasteiger partial charge >= 0.3 is 6.36 Å². The zero-order valence-electron chi connectivity index (χ0n) is 11.1. The Morgan fingerprint density at radius 3 is 2.67 bits per heavy atom. The van der Waals surface area contributed by atoms with E-state index in [2.05, 4.69) is 14.3 Å². The molecule has 0 aliphatic heterocycles. The fourth-order valence-electron chi connectivity index (χ4n) is 1.70. The van der Waals surface area contributed by atoms with Crippen LogP contribution in [0.5, 0.6) is 5.75 Å². The molecule has 1 heterocycles. The summed E-state index contributed by atoms with van der Waals surface area (Å²) in [5.41, 5.74) is 0.636. The number of hydrogen-bond donors (Lipinski definition) is 0. The van der Waals surface area contributed by atoms with E-state index < -0.39 is 17.9 Å². The van der Waals surface area contributed by atoms with Crippen molar-refractivity contribution >= 4 is 17.3 Å². The van der Waals surface area contributed by atoms with Gasteiger partial charge in [0.25, 0.3) is 0 Å². The molecule has 0 aliphatic carbocycles. The van der Waals surface area contributed by atoms with E-state index in [-0.39, 0.29) is 11.5 Å². The standard InChI is InChI=1S/C13H11F3N2O2S/c1-7(2)10-12(21-18-17-10)11(19)8-4-3-5-9(6-8)20-13(14,15)16/h3-7H,1-2H3. The molecule has 0 fully saturated rings. The lowest BCUT2D eigenvalue weighted by Gasteiger charge is -2.09. The lowest BCUT2D eigenvalue weighted by Crippen LogP contribution is -2.17. The lowest BCUT2D eigenvalue weighted by molar-refractivity contribution is -0.274. The van der Waals surface area contributed by atoms with E-state index in [4.69, 9.17) is 0 Å². The first-order valence-corrected chi connectivity index (χ1v) is 6.78. The molecule has 0 amide bonds. The summed E-state index contributed by atoms with van der Waals surface area (Å²) in [6.45, 7) is 3.72. The number of hydrogen-bond acceptors (Lipinski definition) is 5. The predicted octanol–water partition coefficient (Wildman–Crippen LogP) is 3.79. The molecule has 0 spiro atoms. The number of aromatic nitrogens is 2. The van der Waals surface area contributed by atoms with Crippen LogP contribution in [0, 0.1) is 0 Å². The van der Waals surface area contributed by atoms with Crippen LogP contribution in [0.3, 0.4) is 0 Å². The van der Waals surface area contributed by atoms with Gasteiger partial charge in [-0.05, 0) is 29.6 Å². The van der Waals surface area contributed by atoms with Gasteiger partial charge in [-0.1, -0.05) is 30.5 Å². The highest BCUT2D eigenvalue weighted by Gasteiger charge is 2.31. The molecule has 0 N–H and O–H groups in total. The van der Waals surface area contributed by atoms with Gasteiger partial charge in [0.1, 0.15) is 10.6 Å². The van der Waals surface area contributed by atoms with E-state index >= 15 is 0 Å². The molecule has 0 saturated heterocycles. The van der Waals surface area contributed by atoms with Crippen LogP contribution in [0.25, 0.3) is 0 Å². The average Bonchev–Trinajstić information content (AvgIpc) is 2.85. The van der Waals surface area contributed by atoms with Gasteiger partial charge in [0.15, 0.2) is 0 Å². The number of benzene rings is 1. The van der Waals surface area contributed by atoms with Crippen LogP contribution in [0.1, 0.15) is 40.7 Å². The Morgan fingerprint density at radius 1 is 1.33 bits per heavy atom. The minimum atomic E-state index is -4.79. The second-order valence-corrected chi connectivity index (χ2v) is 5.30. The summed E-state index contributed by atoms with van der Waals surface area (Å²) in [6, 6.07) is 4.95. The minimum absolute atomic E-state index is 0.00249. The maximum absolute atomic E-state index is 12.3. The summed E-state index contributed by atoms with van der Waals surface area (Å²) in [4.78, 5) is 12.7. The highest BCUT2D eigenvalue weighted by Crippen LogP contribution is 2.27. The smallest absolute Gasteiger partial charge is 0.406 e. The third kappa shape index (κ3) is 3.78. The van der Waals surface area contributed by atoms with E-state index in [9.17, 15) is 18.0 Å². The lowest BCUT2D eigenvalue weighted by atomic mass is 10.0. The molecular formula is C13H11F3N2O2S.